The average Bonchev–Trinajstić information content (AvgIpc) is 3.51. The fraction of sp³-hybridized carbons (Fsp3) is 0.560. The molecule has 2 saturated heterocycles. The lowest BCUT2D eigenvalue weighted by atomic mass is 10.1. The van der Waals surface area contributed by atoms with Crippen molar-refractivity contribution in [2.24, 2.45) is 12.8 Å². The van der Waals surface area contributed by atoms with Crippen LogP contribution in [-0.2, 0) is 23.1 Å². The Hall–Kier alpha value is -2.87. The largest absolute Gasteiger partial charge is 0.480 e. The summed E-state index contributed by atoms with van der Waals surface area (Å²) in [5.41, 5.74) is 8.62. The van der Waals surface area contributed by atoms with Gasteiger partial charge in [-0.15, -0.1) is 0 Å². The summed E-state index contributed by atoms with van der Waals surface area (Å²) in [6, 6.07) is 7.30. The molecule has 8 nitrogen and oxygen atoms in total. The van der Waals surface area contributed by atoms with Crippen molar-refractivity contribution in [3.63, 3.8) is 0 Å². The zero-order valence-electron chi connectivity index (χ0n) is 19.6. The van der Waals surface area contributed by atoms with Gasteiger partial charge in [0.25, 0.3) is 0 Å². The number of aromatic nitrogens is 1. The number of fused-ring (bicyclic) bond motifs is 1. The molecular formula is C25H35N5O3. The number of benzene rings is 1. The third kappa shape index (κ3) is 4.49. The Kier molecular flexibility index (Phi) is 6.74. The van der Waals surface area contributed by atoms with Gasteiger partial charge in [0.15, 0.2) is 0 Å². The number of hydrogen-bond donors (Lipinski definition) is 3. The second-order valence-corrected chi connectivity index (χ2v) is 9.41. The summed E-state index contributed by atoms with van der Waals surface area (Å²) in [4.78, 5) is 29.1. The zero-order chi connectivity index (χ0) is 23.7. The number of carboxylic acids is 1. The average molecular weight is 454 g/mol. The van der Waals surface area contributed by atoms with Gasteiger partial charge in [-0.25, -0.2) is 0 Å². The Bertz CT molecular complexity index is 1060. The van der Waals surface area contributed by atoms with Crippen molar-refractivity contribution < 1.29 is 14.7 Å². The summed E-state index contributed by atoms with van der Waals surface area (Å²) in [7, 11) is 2.03. The van der Waals surface area contributed by atoms with E-state index in [2.05, 4.69) is 10.6 Å². The molecule has 3 atom stereocenters. The molecule has 2 aromatic rings. The van der Waals surface area contributed by atoms with Gasteiger partial charge in [-0.05, 0) is 69.0 Å². The molecule has 0 saturated carbocycles. The van der Waals surface area contributed by atoms with Crippen molar-refractivity contribution >= 4 is 28.6 Å². The van der Waals surface area contributed by atoms with Crippen LogP contribution in [0.2, 0.25) is 0 Å². The first-order valence-corrected chi connectivity index (χ1v) is 12.0. The second-order valence-electron chi connectivity index (χ2n) is 9.41. The lowest BCUT2D eigenvalue weighted by Crippen LogP contribution is -2.52. The van der Waals surface area contributed by atoms with Crippen LogP contribution in [0, 0.1) is 5.41 Å². The zero-order valence-corrected chi connectivity index (χ0v) is 19.6. The molecule has 1 aromatic heterocycles. The van der Waals surface area contributed by atoms with Gasteiger partial charge >= 0.3 is 5.97 Å². The Morgan fingerprint density at radius 2 is 1.97 bits per heavy atom. The topological polar surface area (TPSA) is 116 Å². The molecule has 0 spiro atoms. The smallest absolute Gasteiger partial charge is 0.320 e. The maximum Gasteiger partial charge on any atom is 0.320 e. The molecule has 8 heteroatoms. The van der Waals surface area contributed by atoms with Crippen molar-refractivity contribution in [2.75, 3.05) is 13.1 Å². The van der Waals surface area contributed by atoms with E-state index in [1.807, 2.05) is 42.0 Å². The number of carboxylic acid groups (broad SMARTS) is 1. The van der Waals surface area contributed by atoms with Gasteiger partial charge in [0.05, 0.1) is 6.04 Å². The number of nitrogen functional groups attached to an aromatic ring is 1. The molecule has 2 aliphatic rings. The van der Waals surface area contributed by atoms with E-state index in [-0.39, 0.29) is 23.8 Å². The number of aryl methyl sites for hydroxylation is 2. The molecule has 3 heterocycles. The number of aliphatic carboxylic acids is 1. The maximum atomic E-state index is 13.5. The predicted molar refractivity (Wildman–Crippen MR) is 128 cm³/mol. The van der Waals surface area contributed by atoms with Gasteiger partial charge in [-0.2, -0.15) is 0 Å². The molecule has 2 aliphatic heterocycles. The summed E-state index contributed by atoms with van der Waals surface area (Å²) in [6.07, 6.45) is 5.86. The summed E-state index contributed by atoms with van der Waals surface area (Å²) in [6.45, 7) is 3.31. The number of amides is 1. The summed E-state index contributed by atoms with van der Waals surface area (Å²) >= 11 is 0. The molecule has 1 amide bonds. The summed E-state index contributed by atoms with van der Waals surface area (Å²) in [5.74, 6) is -0.661. The van der Waals surface area contributed by atoms with Crippen LogP contribution in [0.4, 0.5) is 0 Å². The first kappa shape index (κ1) is 23.3. The number of rotatable bonds is 8. The van der Waals surface area contributed by atoms with Gasteiger partial charge in [0, 0.05) is 36.4 Å². The number of carbonyl (C=O) groups is 2. The minimum Gasteiger partial charge on any atom is -0.480 e. The Morgan fingerprint density at radius 3 is 2.67 bits per heavy atom. The molecule has 2 fully saturated rings. The van der Waals surface area contributed by atoms with Crippen molar-refractivity contribution in [3.8, 4) is 0 Å². The molecular weight excluding hydrogens is 418 g/mol. The molecule has 4 N–H and O–H groups in total. The third-order valence-electron chi connectivity index (χ3n) is 7.50. The highest BCUT2D eigenvalue weighted by Gasteiger charge is 2.41. The van der Waals surface area contributed by atoms with Gasteiger partial charge in [-0.1, -0.05) is 19.1 Å². The van der Waals surface area contributed by atoms with Crippen molar-refractivity contribution in [1.82, 2.24) is 14.4 Å². The highest BCUT2D eigenvalue weighted by atomic mass is 16.4. The highest BCUT2D eigenvalue weighted by Crippen LogP contribution is 2.29. The van der Waals surface area contributed by atoms with Crippen LogP contribution in [0.1, 0.15) is 56.7 Å². The van der Waals surface area contributed by atoms with Crippen LogP contribution in [0.25, 0.3) is 10.9 Å². The number of nitrogens with zero attached hydrogens (tertiary/aromatic N) is 3. The van der Waals surface area contributed by atoms with E-state index in [9.17, 15) is 14.7 Å². The maximum absolute atomic E-state index is 13.5. The minimum atomic E-state index is -0.834. The number of nitrogens with two attached hydrogens (primary N) is 1. The normalized spacial score (nSPS) is 22.2. The number of hydrogen-bond acceptors (Lipinski definition) is 4. The lowest BCUT2D eigenvalue weighted by molar-refractivity contribution is -0.146. The van der Waals surface area contributed by atoms with Crippen LogP contribution in [-0.4, -0.2) is 68.4 Å². The van der Waals surface area contributed by atoms with Crippen LogP contribution in [0.3, 0.4) is 0 Å². The van der Waals surface area contributed by atoms with Crippen LogP contribution >= 0.6 is 0 Å². The van der Waals surface area contributed by atoms with Crippen LogP contribution in [0.5, 0.6) is 0 Å². The van der Waals surface area contributed by atoms with E-state index in [0.29, 0.717) is 13.0 Å². The van der Waals surface area contributed by atoms with Crippen LogP contribution in [0.15, 0.2) is 24.3 Å². The van der Waals surface area contributed by atoms with Crippen molar-refractivity contribution in [1.29, 1.82) is 5.41 Å². The van der Waals surface area contributed by atoms with Gasteiger partial charge in [-0.3, -0.25) is 19.9 Å². The number of likely N-dealkylation sites (tertiary alicyclic amines) is 2. The molecule has 0 radical (unpaired) electrons. The van der Waals surface area contributed by atoms with E-state index >= 15 is 0 Å². The standard InChI is InChI=1S/C25H35N5O3/c1-3-20(25(32)33)30-13-5-7-21(30)24(31)29-12-4-6-18(29)10-11-19-14-16-8-9-17(23(26)27)15-22(16)28(19)2/h8-9,14-15,18,20-21H,3-7,10-13H2,1-2H3,(H3,26,27)(H,32,33)/t18-,20?,21+/m0/s1. The highest BCUT2D eigenvalue weighted by molar-refractivity contribution is 5.98. The van der Waals surface area contributed by atoms with Crippen molar-refractivity contribution in [3.05, 3.63) is 35.5 Å². The van der Waals surface area contributed by atoms with Crippen LogP contribution < -0.4 is 5.73 Å². The minimum absolute atomic E-state index is 0.0638. The number of amidine groups is 1. The van der Waals surface area contributed by atoms with Crippen molar-refractivity contribution in [2.45, 2.75) is 70.0 Å². The second kappa shape index (κ2) is 9.55. The Labute approximate surface area is 194 Å². The fourth-order valence-electron chi connectivity index (χ4n) is 5.70. The number of carbonyl (C=O) groups excluding carboxylic acids is 1. The first-order valence-electron chi connectivity index (χ1n) is 12.0. The van der Waals surface area contributed by atoms with E-state index in [4.69, 9.17) is 11.1 Å². The van der Waals surface area contributed by atoms with E-state index < -0.39 is 12.0 Å². The molecule has 1 aromatic carbocycles. The van der Waals surface area contributed by atoms with E-state index in [1.54, 1.807) is 0 Å². The Morgan fingerprint density at radius 1 is 1.21 bits per heavy atom. The lowest BCUT2D eigenvalue weighted by Gasteiger charge is -2.34. The SMILES string of the molecule is CCC(C(=O)O)N1CCC[C@@H]1C(=O)N1CCC[C@H]1CCc1cc2ccc(C(=N)N)cc2n1C. The number of nitrogens with one attached hydrogen (secondary N) is 1. The van der Waals surface area contributed by atoms with E-state index in [0.717, 1.165) is 61.5 Å². The molecule has 33 heavy (non-hydrogen) atoms. The van der Waals surface area contributed by atoms with E-state index in [1.165, 1.54) is 5.69 Å². The van der Waals surface area contributed by atoms with Gasteiger partial charge in [0.1, 0.15) is 11.9 Å². The molecule has 178 valence electrons. The Balaban J connectivity index is 1.46. The van der Waals surface area contributed by atoms with Gasteiger partial charge in [0.2, 0.25) is 5.91 Å². The fourth-order valence-corrected chi connectivity index (χ4v) is 5.70. The predicted octanol–water partition coefficient (Wildman–Crippen LogP) is 2.71. The molecule has 1 unspecified atom stereocenters. The molecule has 0 bridgehead atoms. The quantitative estimate of drug-likeness (QED) is 0.420. The molecule has 0 aliphatic carbocycles. The first-order chi connectivity index (χ1) is 15.8. The molecule has 4 rings (SSSR count). The third-order valence-corrected chi connectivity index (χ3v) is 7.50. The monoisotopic (exact) mass is 453 g/mol. The van der Waals surface area contributed by atoms with Gasteiger partial charge < -0.3 is 20.3 Å². The summed E-state index contributed by atoms with van der Waals surface area (Å²) < 4.78 is 2.15. The summed E-state index contributed by atoms with van der Waals surface area (Å²) in [5, 5.41) is 18.4.